The Labute approximate surface area is 104 Å². The molecule has 1 aromatic rings. The minimum absolute atomic E-state index is 0.0206. The largest absolute Gasteiger partial charge is 0.391 e. The Morgan fingerprint density at radius 2 is 2.33 bits per heavy atom. The average molecular weight is 249 g/mol. The number of nitrogens with zero attached hydrogens (tertiary/aromatic N) is 2. The van der Waals surface area contributed by atoms with Gasteiger partial charge in [0.1, 0.15) is 6.20 Å². The molecule has 96 valence electrons. The maximum Gasteiger partial charge on any atom is 0.294 e. The standard InChI is InChI=1S/C12H15N3O3/c1-7-4-8(5-10(13)12(7)16)9-2-3-14-6-11(9)15(17)18/h2-3,5-7,10,12,16H,4,13H2,1H3/t7-,10-,12-/m1/s1. The molecule has 0 aliphatic heterocycles. The lowest BCUT2D eigenvalue weighted by atomic mass is 9.82. The summed E-state index contributed by atoms with van der Waals surface area (Å²) in [4.78, 5) is 14.3. The highest BCUT2D eigenvalue weighted by atomic mass is 16.6. The predicted octanol–water partition coefficient (Wildman–Crippen LogP) is 1.10. The second-order valence-corrected chi connectivity index (χ2v) is 4.59. The van der Waals surface area contributed by atoms with Crippen molar-refractivity contribution in [3.8, 4) is 0 Å². The van der Waals surface area contributed by atoms with Gasteiger partial charge in [-0.1, -0.05) is 13.0 Å². The average Bonchev–Trinajstić information content (AvgIpc) is 2.35. The van der Waals surface area contributed by atoms with Crippen LogP contribution >= 0.6 is 0 Å². The summed E-state index contributed by atoms with van der Waals surface area (Å²) in [5.74, 6) is -0.0206. The molecular weight excluding hydrogens is 234 g/mol. The highest BCUT2D eigenvalue weighted by molar-refractivity contribution is 5.73. The van der Waals surface area contributed by atoms with Crippen molar-refractivity contribution in [1.29, 1.82) is 0 Å². The van der Waals surface area contributed by atoms with Crippen LogP contribution in [0.2, 0.25) is 0 Å². The summed E-state index contributed by atoms with van der Waals surface area (Å²) >= 11 is 0. The first-order chi connectivity index (χ1) is 8.50. The third-order valence-electron chi connectivity index (χ3n) is 3.26. The molecule has 0 fully saturated rings. The van der Waals surface area contributed by atoms with Crippen molar-refractivity contribution in [2.45, 2.75) is 25.5 Å². The molecule has 0 aromatic carbocycles. The van der Waals surface area contributed by atoms with Gasteiger partial charge in [0.05, 0.1) is 16.6 Å². The topological polar surface area (TPSA) is 102 Å². The van der Waals surface area contributed by atoms with Crippen LogP contribution in [0.25, 0.3) is 5.57 Å². The summed E-state index contributed by atoms with van der Waals surface area (Å²) in [5, 5.41) is 20.7. The lowest BCUT2D eigenvalue weighted by Crippen LogP contribution is -2.40. The van der Waals surface area contributed by atoms with E-state index in [9.17, 15) is 15.2 Å². The number of aliphatic hydroxyl groups is 1. The third-order valence-corrected chi connectivity index (χ3v) is 3.26. The zero-order chi connectivity index (χ0) is 13.3. The molecule has 0 unspecified atom stereocenters. The number of aliphatic hydroxyl groups excluding tert-OH is 1. The van der Waals surface area contributed by atoms with Gasteiger partial charge in [-0.2, -0.15) is 0 Å². The van der Waals surface area contributed by atoms with Crippen LogP contribution in [0.4, 0.5) is 5.69 Å². The molecule has 6 nitrogen and oxygen atoms in total. The van der Waals surface area contributed by atoms with Gasteiger partial charge in [0.15, 0.2) is 0 Å². The van der Waals surface area contributed by atoms with Crippen LogP contribution in [0.15, 0.2) is 24.5 Å². The SMILES string of the molecule is C[C@@H]1CC(c2ccncc2[N+](=O)[O-])=C[C@@H](N)[C@@H]1O. The second-order valence-electron chi connectivity index (χ2n) is 4.59. The van der Waals surface area contributed by atoms with Gasteiger partial charge in [-0.15, -0.1) is 0 Å². The van der Waals surface area contributed by atoms with Crippen LogP contribution in [0, 0.1) is 16.0 Å². The van der Waals surface area contributed by atoms with Gasteiger partial charge in [-0.05, 0) is 24.0 Å². The molecule has 6 heteroatoms. The van der Waals surface area contributed by atoms with E-state index in [0.29, 0.717) is 12.0 Å². The zero-order valence-electron chi connectivity index (χ0n) is 9.98. The van der Waals surface area contributed by atoms with Crippen LogP contribution in [0.1, 0.15) is 18.9 Å². The van der Waals surface area contributed by atoms with Crippen molar-refractivity contribution in [3.63, 3.8) is 0 Å². The van der Waals surface area contributed by atoms with E-state index in [2.05, 4.69) is 4.98 Å². The van der Waals surface area contributed by atoms with Crippen LogP contribution in [-0.4, -0.2) is 27.2 Å². The summed E-state index contributed by atoms with van der Waals surface area (Å²) in [6.07, 6.45) is 4.42. The Morgan fingerprint density at radius 1 is 1.61 bits per heavy atom. The Kier molecular flexibility index (Phi) is 3.40. The fraction of sp³-hybridized carbons (Fsp3) is 0.417. The Bertz CT molecular complexity index is 501. The maximum atomic E-state index is 10.9. The van der Waals surface area contributed by atoms with Gasteiger partial charge >= 0.3 is 0 Å². The van der Waals surface area contributed by atoms with Crippen LogP contribution in [0.5, 0.6) is 0 Å². The van der Waals surface area contributed by atoms with Crippen molar-refractivity contribution >= 4 is 11.3 Å². The first-order valence-corrected chi connectivity index (χ1v) is 5.74. The molecule has 1 aliphatic carbocycles. The molecule has 3 N–H and O–H groups in total. The molecule has 1 aromatic heterocycles. The Balaban J connectivity index is 2.44. The van der Waals surface area contributed by atoms with Crippen LogP contribution in [-0.2, 0) is 0 Å². The summed E-state index contributed by atoms with van der Waals surface area (Å²) in [5.41, 5.74) is 7.11. The second kappa shape index (κ2) is 4.83. The molecule has 0 radical (unpaired) electrons. The van der Waals surface area contributed by atoms with Gasteiger partial charge in [-0.3, -0.25) is 15.1 Å². The number of allylic oxidation sites excluding steroid dienone is 1. The van der Waals surface area contributed by atoms with E-state index in [1.807, 2.05) is 6.92 Å². The number of rotatable bonds is 2. The van der Waals surface area contributed by atoms with Gasteiger partial charge in [0.2, 0.25) is 0 Å². The first-order valence-electron chi connectivity index (χ1n) is 5.74. The lowest BCUT2D eigenvalue weighted by molar-refractivity contribution is -0.385. The quantitative estimate of drug-likeness (QED) is 0.603. The van der Waals surface area contributed by atoms with E-state index in [1.54, 1.807) is 12.1 Å². The first kappa shape index (κ1) is 12.7. The van der Waals surface area contributed by atoms with Gasteiger partial charge in [0.25, 0.3) is 5.69 Å². The molecule has 0 bridgehead atoms. The number of aromatic nitrogens is 1. The van der Waals surface area contributed by atoms with E-state index in [1.165, 1.54) is 12.4 Å². The monoisotopic (exact) mass is 249 g/mol. The number of hydrogen-bond donors (Lipinski definition) is 2. The van der Waals surface area contributed by atoms with E-state index in [4.69, 9.17) is 5.73 Å². The molecule has 1 heterocycles. The minimum atomic E-state index is -0.602. The molecule has 18 heavy (non-hydrogen) atoms. The van der Waals surface area contributed by atoms with Crippen molar-refractivity contribution in [2.75, 3.05) is 0 Å². The fourth-order valence-corrected chi connectivity index (χ4v) is 2.25. The summed E-state index contributed by atoms with van der Waals surface area (Å²) in [6, 6.07) is 1.12. The molecule has 0 saturated heterocycles. The zero-order valence-corrected chi connectivity index (χ0v) is 9.98. The summed E-state index contributed by atoms with van der Waals surface area (Å²) in [6.45, 7) is 1.88. The Hall–Kier alpha value is -1.79. The van der Waals surface area contributed by atoms with Crippen LogP contribution in [0.3, 0.4) is 0 Å². The highest BCUT2D eigenvalue weighted by Crippen LogP contribution is 2.34. The van der Waals surface area contributed by atoms with E-state index in [0.717, 1.165) is 5.57 Å². The predicted molar refractivity (Wildman–Crippen MR) is 66.6 cm³/mol. The highest BCUT2D eigenvalue weighted by Gasteiger charge is 2.29. The minimum Gasteiger partial charge on any atom is -0.391 e. The lowest BCUT2D eigenvalue weighted by Gasteiger charge is -2.29. The molecule has 3 atom stereocenters. The maximum absolute atomic E-state index is 10.9. The van der Waals surface area contributed by atoms with Crippen molar-refractivity contribution in [1.82, 2.24) is 4.98 Å². The third kappa shape index (κ3) is 2.25. The number of hydrogen-bond acceptors (Lipinski definition) is 5. The van der Waals surface area contributed by atoms with E-state index in [-0.39, 0.29) is 11.6 Å². The molecule has 2 rings (SSSR count). The van der Waals surface area contributed by atoms with Gasteiger partial charge < -0.3 is 10.8 Å². The molecule has 0 amide bonds. The summed E-state index contributed by atoms with van der Waals surface area (Å²) in [7, 11) is 0. The van der Waals surface area contributed by atoms with E-state index >= 15 is 0 Å². The van der Waals surface area contributed by atoms with Crippen molar-refractivity contribution in [3.05, 3.63) is 40.2 Å². The normalized spacial score (nSPS) is 27.7. The van der Waals surface area contributed by atoms with Gasteiger partial charge in [-0.25, -0.2) is 0 Å². The number of nitro groups is 1. The smallest absolute Gasteiger partial charge is 0.294 e. The fourth-order valence-electron chi connectivity index (χ4n) is 2.25. The molecular formula is C12H15N3O3. The van der Waals surface area contributed by atoms with Gasteiger partial charge in [0, 0.05) is 12.2 Å². The van der Waals surface area contributed by atoms with Crippen molar-refractivity contribution < 1.29 is 10.0 Å². The molecule has 0 spiro atoms. The molecule has 1 aliphatic rings. The number of pyridine rings is 1. The van der Waals surface area contributed by atoms with Crippen LogP contribution < -0.4 is 5.73 Å². The van der Waals surface area contributed by atoms with Crippen molar-refractivity contribution in [2.24, 2.45) is 11.7 Å². The Morgan fingerprint density at radius 3 is 2.94 bits per heavy atom. The van der Waals surface area contributed by atoms with E-state index < -0.39 is 17.1 Å². The molecule has 0 saturated carbocycles. The number of nitrogens with two attached hydrogens (primary N) is 1. The summed E-state index contributed by atoms with van der Waals surface area (Å²) < 4.78 is 0.